The minimum absolute atomic E-state index is 0.0432. The van der Waals surface area contributed by atoms with Crippen LogP contribution in [0.4, 0.5) is 0 Å². The molecule has 0 bridgehead atoms. The summed E-state index contributed by atoms with van der Waals surface area (Å²) in [6.45, 7) is 1.14. The third kappa shape index (κ3) is 3.58. The molecule has 152 valence electrons. The molecule has 0 radical (unpaired) electrons. The lowest BCUT2D eigenvalue weighted by Gasteiger charge is -2.15. The van der Waals surface area contributed by atoms with Crippen molar-refractivity contribution in [1.82, 2.24) is 9.55 Å². The van der Waals surface area contributed by atoms with E-state index in [4.69, 9.17) is 27.9 Å². The molecule has 7 nitrogen and oxygen atoms in total. The molecule has 4 rings (SSSR count). The highest BCUT2D eigenvalue weighted by Crippen LogP contribution is 2.32. The number of hydrogen-bond acceptors (Lipinski definition) is 5. The van der Waals surface area contributed by atoms with Gasteiger partial charge in [-0.3, -0.25) is 14.4 Å². The van der Waals surface area contributed by atoms with E-state index in [-0.39, 0.29) is 24.7 Å². The molecule has 1 N–H and O–H groups in total. The third-order valence-electron chi connectivity index (χ3n) is 4.62. The summed E-state index contributed by atoms with van der Waals surface area (Å²) in [5, 5.41) is 10.7. The summed E-state index contributed by atoms with van der Waals surface area (Å²) >= 11 is 12.7. The highest BCUT2D eigenvalue weighted by Gasteiger charge is 2.28. The second-order valence-corrected chi connectivity index (χ2v) is 7.39. The van der Waals surface area contributed by atoms with Gasteiger partial charge in [-0.05, 0) is 24.3 Å². The van der Waals surface area contributed by atoms with Crippen LogP contribution >= 0.6 is 23.2 Å². The second kappa shape index (κ2) is 7.93. The Morgan fingerprint density at radius 2 is 1.93 bits per heavy atom. The molecule has 0 amide bonds. The number of fused-ring (bicyclic) bond motifs is 3. The standard InChI is InChI=1S/C21H15Cl2N3O4/c1-11(27)30-10-18-25-20(21(28)29)17-9-24-19(13-4-2-3-5-15(13)23)14-8-12(22)6-7-16(14)26(17)18/h2-8H,9-10H2,1H3,(H,28,29). The predicted octanol–water partition coefficient (Wildman–Crippen LogP) is 4.29. The summed E-state index contributed by atoms with van der Waals surface area (Å²) in [5.41, 5.74) is 2.77. The monoisotopic (exact) mass is 443 g/mol. The van der Waals surface area contributed by atoms with Crippen LogP contribution < -0.4 is 0 Å². The summed E-state index contributed by atoms with van der Waals surface area (Å²) in [6, 6.07) is 12.4. The normalized spacial score (nSPS) is 12.4. The first-order valence-corrected chi connectivity index (χ1v) is 9.69. The van der Waals surface area contributed by atoms with Gasteiger partial charge in [-0.1, -0.05) is 41.4 Å². The van der Waals surface area contributed by atoms with Crippen LogP contribution in [0, 0.1) is 0 Å². The van der Waals surface area contributed by atoms with Crippen LogP contribution in [-0.2, 0) is 22.7 Å². The van der Waals surface area contributed by atoms with E-state index in [1.165, 1.54) is 6.92 Å². The number of carbonyl (C=O) groups excluding carboxylic acids is 1. The van der Waals surface area contributed by atoms with E-state index in [1.807, 2.05) is 18.2 Å². The average Bonchev–Trinajstić information content (AvgIpc) is 2.98. The van der Waals surface area contributed by atoms with Crippen molar-refractivity contribution in [3.8, 4) is 5.69 Å². The molecule has 1 aliphatic rings. The van der Waals surface area contributed by atoms with Crippen LogP contribution in [0.25, 0.3) is 5.69 Å². The number of carboxylic acids is 1. The summed E-state index contributed by atoms with van der Waals surface area (Å²) in [7, 11) is 0. The molecular formula is C21H15Cl2N3O4. The number of aromatic carboxylic acids is 1. The highest BCUT2D eigenvalue weighted by atomic mass is 35.5. The zero-order valence-corrected chi connectivity index (χ0v) is 17.2. The maximum atomic E-state index is 11.8. The Hall–Kier alpha value is -3.16. The van der Waals surface area contributed by atoms with E-state index in [1.54, 1.807) is 28.8 Å². The fourth-order valence-electron chi connectivity index (χ4n) is 3.39. The molecule has 9 heteroatoms. The van der Waals surface area contributed by atoms with Crippen LogP contribution in [0.2, 0.25) is 10.0 Å². The van der Waals surface area contributed by atoms with Gasteiger partial charge in [0.05, 0.1) is 23.6 Å². The van der Waals surface area contributed by atoms with Gasteiger partial charge in [0, 0.05) is 28.1 Å². The molecule has 0 aliphatic carbocycles. The average molecular weight is 444 g/mol. The van der Waals surface area contributed by atoms with Crippen molar-refractivity contribution < 1.29 is 19.4 Å². The Morgan fingerprint density at radius 1 is 1.17 bits per heavy atom. The van der Waals surface area contributed by atoms with Gasteiger partial charge in [0.15, 0.2) is 11.5 Å². The Bertz CT molecular complexity index is 1220. The maximum Gasteiger partial charge on any atom is 0.356 e. The number of carboxylic acid groups (broad SMARTS) is 1. The van der Waals surface area contributed by atoms with E-state index in [0.29, 0.717) is 38.3 Å². The topological polar surface area (TPSA) is 93.8 Å². The molecular weight excluding hydrogens is 429 g/mol. The Labute approximate surface area is 181 Å². The van der Waals surface area contributed by atoms with Gasteiger partial charge < -0.3 is 9.84 Å². The number of imidazole rings is 1. The molecule has 0 saturated heterocycles. The van der Waals surface area contributed by atoms with Crippen LogP contribution in [-0.4, -0.2) is 32.3 Å². The molecule has 1 aromatic heterocycles. The van der Waals surface area contributed by atoms with Crippen molar-refractivity contribution in [3.05, 3.63) is 80.8 Å². The van der Waals surface area contributed by atoms with E-state index in [9.17, 15) is 14.7 Å². The van der Waals surface area contributed by atoms with Crippen molar-refractivity contribution in [2.75, 3.05) is 0 Å². The maximum absolute atomic E-state index is 11.8. The number of carbonyl (C=O) groups is 2. The quantitative estimate of drug-likeness (QED) is 0.606. The van der Waals surface area contributed by atoms with Crippen LogP contribution in [0.5, 0.6) is 0 Å². The van der Waals surface area contributed by atoms with E-state index in [0.717, 1.165) is 0 Å². The van der Waals surface area contributed by atoms with Gasteiger partial charge in [0.2, 0.25) is 0 Å². The van der Waals surface area contributed by atoms with Crippen LogP contribution in [0.3, 0.4) is 0 Å². The van der Waals surface area contributed by atoms with Gasteiger partial charge >= 0.3 is 11.9 Å². The van der Waals surface area contributed by atoms with E-state index >= 15 is 0 Å². The molecule has 0 unspecified atom stereocenters. The first-order valence-electron chi connectivity index (χ1n) is 8.93. The molecule has 3 aromatic rings. The number of benzene rings is 2. The van der Waals surface area contributed by atoms with E-state index in [2.05, 4.69) is 9.98 Å². The van der Waals surface area contributed by atoms with Gasteiger partial charge in [-0.2, -0.15) is 0 Å². The van der Waals surface area contributed by atoms with Crippen LogP contribution in [0.1, 0.15) is 40.1 Å². The van der Waals surface area contributed by atoms with Crippen molar-refractivity contribution in [2.24, 2.45) is 4.99 Å². The van der Waals surface area contributed by atoms with E-state index < -0.39 is 11.9 Å². The molecule has 1 aliphatic heterocycles. The van der Waals surface area contributed by atoms with Crippen molar-refractivity contribution >= 4 is 40.9 Å². The Kier molecular flexibility index (Phi) is 5.32. The van der Waals surface area contributed by atoms with Gasteiger partial charge in [-0.25, -0.2) is 9.78 Å². The number of rotatable bonds is 4. The van der Waals surface area contributed by atoms with Gasteiger partial charge in [0.25, 0.3) is 0 Å². The molecule has 2 aromatic carbocycles. The second-order valence-electron chi connectivity index (χ2n) is 6.55. The number of nitrogens with zero attached hydrogens (tertiary/aromatic N) is 3. The first kappa shape index (κ1) is 20.1. The molecule has 2 heterocycles. The number of esters is 1. The SMILES string of the molecule is CC(=O)OCc1nc(C(=O)O)c2n1-c1ccc(Cl)cc1C(c1ccccc1Cl)=NC2. The lowest BCUT2D eigenvalue weighted by molar-refractivity contribution is -0.142. The summed E-state index contributed by atoms with van der Waals surface area (Å²) < 4.78 is 6.76. The summed E-state index contributed by atoms with van der Waals surface area (Å²) in [6.07, 6.45) is 0. The Balaban J connectivity index is 1.99. The zero-order chi connectivity index (χ0) is 21.4. The summed E-state index contributed by atoms with van der Waals surface area (Å²) in [4.78, 5) is 32.0. The van der Waals surface area contributed by atoms with Crippen molar-refractivity contribution in [1.29, 1.82) is 0 Å². The number of aromatic nitrogens is 2. The highest BCUT2D eigenvalue weighted by molar-refractivity contribution is 6.36. The molecule has 0 saturated carbocycles. The zero-order valence-electron chi connectivity index (χ0n) is 15.7. The van der Waals surface area contributed by atoms with Crippen molar-refractivity contribution in [2.45, 2.75) is 20.1 Å². The fraction of sp³-hybridized carbons (Fsp3) is 0.143. The molecule has 30 heavy (non-hydrogen) atoms. The number of ether oxygens (including phenoxy) is 1. The number of halogens is 2. The number of hydrogen-bond donors (Lipinski definition) is 1. The fourth-order valence-corrected chi connectivity index (χ4v) is 3.78. The van der Waals surface area contributed by atoms with Gasteiger partial charge in [0.1, 0.15) is 6.61 Å². The van der Waals surface area contributed by atoms with Crippen molar-refractivity contribution in [3.63, 3.8) is 0 Å². The first-order chi connectivity index (χ1) is 14.4. The molecule has 0 atom stereocenters. The lowest BCUT2D eigenvalue weighted by atomic mass is 10.0. The number of aliphatic imine (C=N–C) groups is 1. The molecule has 0 spiro atoms. The molecule has 0 fully saturated rings. The van der Waals surface area contributed by atoms with Gasteiger partial charge in [-0.15, -0.1) is 0 Å². The predicted molar refractivity (Wildman–Crippen MR) is 112 cm³/mol. The third-order valence-corrected chi connectivity index (χ3v) is 5.18. The van der Waals surface area contributed by atoms with Crippen LogP contribution in [0.15, 0.2) is 47.5 Å². The minimum atomic E-state index is -1.19. The Morgan fingerprint density at radius 3 is 2.63 bits per heavy atom. The smallest absolute Gasteiger partial charge is 0.356 e. The summed E-state index contributed by atoms with van der Waals surface area (Å²) in [5.74, 6) is -1.42. The largest absolute Gasteiger partial charge is 0.476 e. The lowest BCUT2D eigenvalue weighted by Crippen LogP contribution is -2.11. The minimum Gasteiger partial charge on any atom is -0.476 e.